The van der Waals surface area contributed by atoms with E-state index in [2.05, 4.69) is 13.2 Å². The molecule has 0 aliphatic carbocycles. The Kier molecular flexibility index (Phi) is 10.5. The van der Waals surface area contributed by atoms with Crippen LogP contribution in [0.3, 0.4) is 0 Å². The molecule has 5 atom stereocenters. The number of likely N-dealkylation sites (tertiary alicyclic amines) is 1. The molecule has 3 heterocycles. The van der Waals surface area contributed by atoms with Crippen LogP contribution in [0.2, 0.25) is 5.02 Å². The van der Waals surface area contributed by atoms with Crippen molar-refractivity contribution in [2.24, 2.45) is 11.8 Å². The van der Waals surface area contributed by atoms with Gasteiger partial charge in [-0.1, -0.05) is 79.1 Å². The monoisotopic (exact) mass is 633 g/mol. The molecule has 5 rings (SSSR count). The van der Waals surface area contributed by atoms with Gasteiger partial charge >= 0.3 is 0 Å². The Morgan fingerprint density at radius 1 is 1.04 bits per heavy atom. The van der Waals surface area contributed by atoms with E-state index < -0.39 is 29.6 Å². The number of hydrogen-bond donors (Lipinski definition) is 1. The lowest BCUT2D eigenvalue weighted by Crippen LogP contribution is -2.56. The predicted molar refractivity (Wildman–Crippen MR) is 176 cm³/mol. The first-order chi connectivity index (χ1) is 21.8. The second-order valence-electron chi connectivity index (χ2n) is 12.4. The van der Waals surface area contributed by atoms with E-state index in [1.807, 2.05) is 49.4 Å². The second kappa shape index (κ2) is 14.3. The summed E-state index contributed by atoms with van der Waals surface area (Å²) in [5.41, 5.74) is 1.28. The van der Waals surface area contributed by atoms with Crippen molar-refractivity contribution in [3.05, 3.63) is 90.0 Å². The molecule has 45 heavy (non-hydrogen) atoms. The Morgan fingerprint density at radius 2 is 1.78 bits per heavy atom. The quantitative estimate of drug-likeness (QED) is 0.212. The molecule has 1 spiro atoms. The molecule has 3 aliphatic rings. The van der Waals surface area contributed by atoms with E-state index in [9.17, 15) is 19.5 Å². The van der Waals surface area contributed by atoms with Crippen molar-refractivity contribution in [1.82, 2.24) is 9.80 Å². The smallest absolute Gasteiger partial charge is 0.253 e. The highest BCUT2D eigenvalue weighted by molar-refractivity contribution is 6.34. The maximum absolute atomic E-state index is 14.8. The number of halogens is 1. The lowest BCUT2D eigenvalue weighted by atomic mass is 9.70. The number of rotatable bonds is 15. The van der Waals surface area contributed by atoms with Crippen LogP contribution in [-0.4, -0.2) is 76.6 Å². The number of hydrogen-bond acceptors (Lipinski definition) is 5. The predicted octanol–water partition coefficient (Wildman–Crippen LogP) is 5.31. The number of carbonyl (C=O) groups excluding carboxylic acids is 3. The third-order valence-electron chi connectivity index (χ3n) is 9.54. The molecule has 2 bridgehead atoms. The summed E-state index contributed by atoms with van der Waals surface area (Å²) in [5, 5.41) is 9.68. The fourth-order valence-electron chi connectivity index (χ4n) is 7.64. The zero-order valence-corrected chi connectivity index (χ0v) is 26.8. The number of aryl methyl sites for hydroxylation is 1. The molecular weight excluding hydrogens is 590 g/mol. The van der Waals surface area contributed by atoms with Crippen molar-refractivity contribution in [2.45, 2.75) is 69.7 Å². The highest BCUT2D eigenvalue weighted by Gasteiger charge is 2.74. The molecule has 3 saturated heterocycles. The van der Waals surface area contributed by atoms with Gasteiger partial charge in [-0.05, 0) is 49.8 Å². The van der Waals surface area contributed by atoms with Gasteiger partial charge in [-0.15, -0.1) is 13.2 Å². The molecule has 240 valence electrons. The number of aliphatic hydroxyl groups excluding tert-OH is 1. The van der Waals surface area contributed by atoms with E-state index in [1.54, 1.807) is 32.9 Å². The lowest BCUT2D eigenvalue weighted by Gasteiger charge is -2.37. The summed E-state index contributed by atoms with van der Waals surface area (Å²) in [6, 6.07) is 14.3. The van der Waals surface area contributed by atoms with E-state index in [0.29, 0.717) is 56.0 Å². The molecule has 0 radical (unpaired) electrons. The number of carbonyl (C=O) groups is 3. The third kappa shape index (κ3) is 6.20. The maximum atomic E-state index is 14.8. The van der Waals surface area contributed by atoms with Gasteiger partial charge in [0, 0.05) is 32.8 Å². The highest BCUT2D eigenvalue weighted by Crippen LogP contribution is 2.59. The van der Waals surface area contributed by atoms with Gasteiger partial charge in [0.1, 0.15) is 11.6 Å². The number of amides is 3. The van der Waals surface area contributed by atoms with E-state index in [1.165, 1.54) is 0 Å². The summed E-state index contributed by atoms with van der Waals surface area (Å²) in [6.45, 7) is 11.1. The molecule has 1 N–H and O–H groups in total. The zero-order valence-electron chi connectivity index (χ0n) is 26.1. The minimum atomic E-state index is -1.12. The van der Waals surface area contributed by atoms with Gasteiger partial charge in [-0.25, -0.2) is 0 Å². The molecule has 9 heteroatoms. The van der Waals surface area contributed by atoms with Crippen molar-refractivity contribution in [3.8, 4) is 0 Å². The van der Waals surface area contributed by atoms with Crippen molar-refractivity contribution < 1.29 is 24.2 Å². The number of benzene rings is 2. The standard InChI is InChI=1S/C36H44ClN3O5/c1-4-20-38(24-26-15-9-8-10-16-26)33(42)29-28-18-19-36(45-28)30(29)34(43)40(22-11-6-7-12-23-41)32(36)35(44)39(21-5-2)31-25(3)14-13-17-27(31)37/h4-5,8-10,13-17,28-30,32,41H,1-2,6-7,11-12,18-24H2,3H3/t28-,29+,30-,32?,36?/m0/s1. The number of anilines is 1. The van der Waals surface area contributed by atoms with Crippen LogP contribution in [0.15, 0.2) is 73.8 Å². The van der Waals surface area contributed by atoms with Gasteiger partial charge in [0.05, 0.1) is 28.6 Å². The minimum Gasteiger partial charge on any atom is -0.396 e. The Hall–Kier alpha value is -3.46. The number of unbranched alkanes of at least 4 members (excludes halogenated alkanes) is 3. The van der Waals surface area contributed by atoms with E-state index >= 15 is 0 Å². The van der Waals surface area contributed by atoms with Gasteiger partial charge < -0.3 is 24.5 Å². The second-order valence-corrected chi connectivity index (χ2v) is 12.8. The normalized spacial score (nSPS) is 24.9. The maximum Gasteiger partial charge on any atom is 0.253 e. The summed E-state index contributed by atoms with van der Waals surface area (Å²) < 4.78 is 6.72. The van der Waals surface area contributed by atoms with Gasteiger partial charge in [0.15, 0.2) is 0 Å². The van der Waals surface area contributed by atoms with Crippen molar-refractivity contribution in [2.75, 3.05) is 31.1 Å². The first-order valence-corrected chi connectivity index (χ1v) is 16.4. The number of ether oxygens (including phenoxy) is 1. The van der Waals surface area contributed by atoms with Crippen LogP contribution >= 0.6 is 11.6 Å². The van der Waals surface area contributed by atoms with Crippen molar-refractivity contribution >= 4 is 35.0 Å². The Balaban J connectivity index is 1.52. The Labute approximate surface area is 271 Å². The van der Waals surface area contributed by atoms with Crippen molar-refractivity contribution in [1.29, 1.82) is 0 Å². The van der Waals surface area contributed by atoms with Gasteiger partial charge in [0.25, 0.3) is 5.91 Å². The Bertz CT molecular complexity index is 1400. The molecule has 2 aromatic rings. The first kappa shape index (κ1) is 32.9. The number of para-hydroxylation sites is 1. The molecule has 0 aromatic heterocycles. The fourth-order valence-corrected chi connectivity index (χ4v) is 7.96. The third-order valence-corrected chi connectivity index (χ3v) is 9.84. The Morgan fingerprint density at radius 3 is 2.47 bits per heavy atom. The molecular formula is C36H44ClN3O5. The van der Waals surface area contributed by atoms with E-state index in [0.717, 1.165) is 24.0 Å². The SMILES string of the molecule is C=CCN(Cc1ccccc1)C(=O)[C@@H]1[C@@H]2CCC3(O2)C(C(=O)N(CC=C)c2c(C)cccc2Cl)N(CCCCCCO)C(=O)[C@H]13. The molecule has 3 fully saturated rings. The number of aliphatic hydroxyl groups is 1. The van der Waals surface area contributed by atoms with Crippen LogP contribution in [0.25, 0.3) is 0 Å². The molecule has 2 unspecified atom stereocenters. The molecule has 2 aromatic carbocycles. The van der Waals surface area contributed by atoms with Crippen LogP contribution in [0.5, 0.6) is 0 Å². The van der Waals surface area contributed by atoms with Crippen LogP contribution in [0, 0.1) is 18.8 Å². The molecule has 3 aliphatic heterocycles. The first-order valence-electron chi connectivity index (χ1n) is 16.0. The van der Waals surface area contributed by atoms with Crippen LogP contribution in [0.4, 0.5) is 5.69 Å². The zero-order chi connectivity index (χ0) is 32.1. The largest absolute Gasteiger partial charge is 0.396 e. The van der Waals surface area contributed by atoms with Crippen LogP contribution in [0.1, 0.15) is 49.7 Å². The molecule has 8 nitrogen and oxygen atoms in total. The molecule has 3 amide bonds. The van der Waals surface area contributed by atoms with Gasteiger partial charge in [-0.3, -0.25) is 14.4 Å². The topological polar surface area (TPSA) is 90.4 Å². The summed E-state index contributed by atoms with van der Waals surface area (Å²) >= 11 is 6.67. The average Bonchev–Trinajstić information content (AvgIpc) is 3.67. The fraction of sp³-hybridized carbons (Fsp3) is 0.472. The summed E-state index contributed by atoms with van der Waals surface area (Å²) in [5.74, 6) is -2.10. The van der Waals surface area contributed by atoms with Gasteiger partial charge in [0.2, 0.25) is 11.8 Å². The van der Waals surface area contributed by atoms with E-state index in [4.69, 9.17) is 16.3 Å². The van der Waals surface area contributed by atoms with Crippen LogP contribution < -0.4 is 4.90 Å². The lowest BCUT2D eigenvalue weighted by molar-refractivity contribution is -0.145. The average molecular weight is 634 g/mol. The van der Waals surface area contributed by atoms with Crippen LogP contribution in [-0.2, 0) is 25.7 Å². The number of fused-ring (bicyclic) bond motifs is 1. The van der Waals surface area contributed by atoms with Gasteiger partial charge in [-0.2, -0.15) is 0 Å². The molecule has 0 saturated carbocycles. The summed E-state index contributed by atoms with van der Waals surface area (Å²) in [6.07, 6.45) is 6.99. The minimum absolute atomic E-state index is 0.117. The number of nitrogens with zero attached hydrogens (tertiary/aromatic N) is 3. The summed E-state index contributed by atoms with van der Waals surface area (Å²) in [4.78, 5) is 48.7. The van der Waals surface area contributed by atoms with E-state index in [-0.39, 0.29) is 30.9 Å². The highest BCUT2D eigenvalue weighted by atomic mass is 35.5. The van der Waals surface area contributed by atoms with Crippen molar-refractivity contribution in [3.63, 3.8) is 0 Å². The summed E-state index contributed by atoms with van der Waals surface area (Å²) in [7, 11) is 0.